The Morgan fingerprint density at radius 1 is 1.35 bits per heavy atom. The Morgan fingerprint density at radius 2 is 2.26 bits per heavy atom. The molecular weight excluding hydrogens is 374 g/mol. The van der Waals surface area contributed by atoms with Gasteiger partial charge in [0, 0.05) is 43.4 Å². The molecule has 2 aromatic heterocycles. The van der Waals surface area contributed by atoms with E-state index in [0.717, 1.165) is 49.2 Å². The van der Waals surface area contributed by atoms with Crippen LogP contribution < -0.4 is 4.90 Å². The van der Waals surface area contributed by atoms with Gasteiger partial charge < -0.3 is 9.80 Å². The molecule has 0 spiro atoms. The topological polar surface area (TPSA) is 36.4 Å². The van der Waals surface area contributed by atoms with Gasteiger partial charge in [0.2, 0.25) is 5.91 Å². The molecule has 1 atom stereocenters. The van der Waals surface area contributed by atoms with E-state index in [1.807, 2.05) is 28.5 Å². The minimum atomic E-state index is 0.107. The van der Waals surface area contributed by atoms with Gasteiger partial charge in [0.25, 0.3) is 0 Å². The first kappa shape index (κ1) is 15.1. The number of pyridine rings is 1. The maximum absolute atomic E-state index is 12.9. The second-order valence-corrected chi connectivity index (χ2v) is 7.99. The van der Waals surface area contributed by atoms with Crippen LogP contribution in [0.15, 0.2) is 34.4 Å². The molecule has 4 heterocycles. The number of nitrogens with zero attached hydrogens (tertiary/aromatic N) is 3. The molecular formula is C17H18BrN3OS. The molecule has 0 bridgehead atoms. The van der Waals surface area contributed by atoms with Crippen molar-refractivity contribution in [1.29, 1.82) is 0 Å². The lowest BCUT2D eigenvalue weighted by molar-refractivity contribution is -0.135. The molecule has 1 fully saturated rings. The van der Waals surface area contributed by atoms with Crippen LogP contribution in [0.25, 0.3) is 0 Å². The Labute approximate surface area is 148 Å². The summed E-state index contributed by atoms with van der Waals surface area (Å²) in [7, 11) is 0. The monoisotopic (exact) mass is 391 g/mol. The van der Waals surface area contributed by atoms with Gasteiger partial charge in [-0.2, -0.15) is 0 Å². The highest BCUT2D eigenvalue weighted by molar-refractivity contribution is 9.10. The van der Waals surface area contributed by atoms with Crippen molar-refractivity contribution >= 4 is 38.9 Å². The standard InChI is InChI=1S/C17H18BrN3OS/c18-14-9-19-5-1-15(14)20-6-2-13(11-20)17(22)21-7-3-16-12(10-21)4-8-23-16/h1,4-5,8-9,13H,2-3,6-7,10-11H2. The molecule has 4 rings (SSSR count). The van der Waals surface area contributed by atoms with Gasteiger partial charge in [0.1, 0.15) is 0 Å². The summed E-state index contributed by atoms with van der Waals surface area (Å²) < 4.78 is 0.994. The van der Waals surface area contributed by atoms with Crippen molar-refractivity contribution in [3.05, 3.63) is 44.8 Å². The van der Waals surface area contributed by atoms with E-state index in [1.165, 1.54) is 10.4 Å². The Bertz CT molecular complexity index is 732. The Hall–Kier alpha value is -1.40. The first-order chi connectivity index (χ1) is 11.2. The molecule has 6 heteroatoms. The van der Waals surface area contributed by atoms with E-state index >= 15 is 0 Å². The lowest BCUT2D eigenvalue weighted by Gasteiger charge is -2.29. The average molecular weight is 392 g/mol. The molecule has 2 aromatic rings. The van der Waals surface area contributed by atoms with Gasteiger partial charge in [-0.15, -0.1) is 11.3 Å². The Kier molecular flexibility index (Phi) is 4.11. The third-order valence-electron chi connectivity index (χ3n) is 4.75. The zero-order valence-electron chi connectivity index (χ0n) is 12.7. The Morgan fingerprint density at radius 3 is 3.13 bits per heavy atom. The van der Waals surface area contributed by atoms with Crippen LogP contribution in [-0.4, -0.2) is 35.4 Å². The number of carbonyl (C=O) groups excluding carboxylic acids is 1. The number of hydrogen-bond donors (Lipinski definition) is 0. The number of fused-ring (bicyclic) bond motifs is 1. The third kappa shape index (κ3) is 2.90. The summed E-state index contributed by atoms with van der Waals surface area (Å²) in [5.41, 5.74) is 2.47. The van der Waals surface area contributed by atoms with Gasteiger partial charge in [-0.25, -0.2) is 0 Å². The largest absolute Gasteiger partial charge is 0.370 e. The molecule has 0 radical (unpaired) electrons. The van der Waals surface area contributed by atoms with Crippen molar-refractivity contribution < 1.29 is 4.79 Å². The van der Waals surface area contributed by atoms with Crippen molar-refractivity contribution in [3.8, 4) is 0 Å². The van der Waals surface area contributed by atoms with Crippen molar-refractivity contribution in [2.75, 3.05) is 24.5 Å². The fraction of sp³-hybridized carbons (Fsp3) is 0.412. The molecule has 1 saturated heterocycles. The Balaban J connectivity index is 1.44. The maximum Gasteiger partial charge on any atom is 0.227 e. The highest BCUT2D eigenvalue weighted by Crippen LogP contribution is 2.31. The third-order valence-corrected chi connectivity index (χ3v) is 6.38. The molecule has 0 saturated carbocycles. The summed E-state index contributed by atoms with van der Waals surface area (Å²) >= 11 is 5.37. The first-order valence-electron chi connectivity index (χ1n) is 7.91. The second-order valence-electron chi connectivity index (χ2n) is 6.14. The highest BCUT2D eigenvalue weighted by atomic mass is 79.9. The molecule has 1 amide bonds. The van der Waals surface area contributed by atoms with Crippen LogP contribution in [0.5, 0.6) is 0 Å². The van der Waals surface area contributed by atoms with E-state index in [4.69, 9.17) is 0 Å². The summed E-state index contributed by atoms with van der Waals surface area (Å²) in [6.07, 6.45) is 5.55. The lowest BCUT2D eigenvalue weighted by atomic mass is 10.0. The van der Waals surface area contributed by atoms with Gasteiger partial charge in [0.05, 0.1) is 16.1 Å². The first-order valence-corrected chi connectivity index (χ1v) is 9.58. The van der Waals surface area contributed by atoms with Gasteiger partial charge in [-0.05, 0) is 51.8 Å². The summed E-state index contributed by atoms with van der Waals surface area (Å²) in [5, 5.41) is 2.14. The van der Waals surface area contributed by atoms with E-state index in [0.29, 0.717) is 5.91 Å². The van der Waals surface area contributed by atoms with E-state index < -0.39 is 0 Å². The van der Waals surface area contributed by atoms with Crippen LogP contribution in [0, 0.1) is 5.92 Å². The molecule has 120 valence electrons. The van der Waals surface area contributed by atoms with Crippen LogP contribution in [0.1, 0.15) is 16.9 Å². The molecule has 4 nitrogen and oxygen atoms in total. The van der Waals surface area contributed by atoms with E-state index in [-0.39, 0.29) is 5.92 Å². The van der Waals surface area contributed by atoms with Crippen molar-refractivity contribution in [2.24, 2.45) is 5.92 Å². The van der Waals surface area contributed by atoms with Gasteiger partial charge in [0.15, 0.2) is 0 Å². The number of amides is 1. The van der Waals surface area contributed by atoms with Crippen LogP contribution in [-0.2, 0) is 17.8 Å². The van der Waals surface area contributed by atoms with Gasteiger partial charge in [-0.1, -0.05) is 0 Å². The van der Waals surface area contributed by atoms with Crippen LogP contribution in [0.3, 0.4) is 0 Å². The number of anilines is 1. The van der Waals surface area contributed by atoms with Crippen molar-refractivity contribution in [1.82, 2.24) is 9.88 Å². The van der Waals surface area contributed by atoms with Gasteiger partial charge >= 0.3 is 0 Å². The summed E-state index contributed by atoms with van der Waals surface area (Å²) in [5.74, 6) is 0.421. The number of hydrogen-bond acceptors (Lipinski definition) is 4. The van der Waals surface area contributed by atoms with Crippen LogP contribution in [0.4, 0.5) is 5.69 Å². The SMILES string of the molecule is O=C(C1CCN(c2ccncc2Br)C1)N1CCc2sccc2C1. The average Bonchev–Trinajstić information content (AvgIpc) is 3.23. The number of halogens is 1. The number of rotatable bonds is 2. The summed E-state index contributed by atoms with van der Waals surface area (Å²) in [6.45, 7) is 3.37. The number of carbonyl (C=O) groups is 1. The van der Waals surface area contributed by atoms with Gasteiger partial charge in [-0.3, -0.25) is 9.78 Å². The minimum Gasteiger partial charge on any atom is -0.370 e. The zero-order chi connectivity index (χ0) is 15.8. The summed E-state index contributed by atoms with van der Waals surface area (Å²) in [6, 6.07) is 4.17. The molecule has 0 aliphatic carbocycles. The predicted octanol–water partition coefficient (Wildman–Crippen LogP) is 3.32. The number of aromatic nitrogens is 1. The van der Waals surface area contributed by atoms with Crippen molar-refractivity contribution in [3.63, 3.8) is 0 Å². The molecule has 2 aliphatic rings. The molecule has 0 aromatic carbocycles. The smallest absolute Gasteiger partial charge is 0.227 e. The molecule has 1 unspecified atom stereocenters. The number of thiophene rings is 1. The fourth-order valence-electron chi connectivity index (χ4n) is 3.50. The highest BCUT2D eigenvalue weighted by Gasteiger charge is 2.33. The quantitative estimate of drug-likeness (QED) is 0.787. The minimum absolute atomic E-state index is 0.107. The van der Waals surface area contributed by atoms with E-state index in [1.54, 1.807) is 6.20 Å². The predicted molar refractivity (Wildman–Crippen MR) is 95.7 cm³/mol. The second kappa shape index (κ2) is 6.24. The molecule has 0 N–H and O–H groups in total. The maximum atomic E-state index is 12.9. The van der Waals surface area contributed by atoms with E-state index in [2.05, 4.69) is 37.3 Å². The van der Waals surface area contributed by atoms with E-state index in [9.17, 15) is 4.79 Å². The normalized spacial score (nSPS) is 20.7. The molecule has 23 heavy (non-hydrogen) atoms. The van der Waals surface area contributed by atoms with Crippen LogP contribution in [0.2, 0.25) is 0 Å². The summed E-state index contributed by atoms with van der Waals surface area (Å²) in [4.78, 5) is 22.8. The lowest BCUT2D eigenvalue weighted by Crippen LogP contribution is -2.40. The van der Waals surface area contributed by atoms with Crippen LogP contribution >= 0.6 is 27.3 Å². The fourth-order valence-corrected chi connectivity index (χ4v) is 4.89. The van der Waals surface area contributed by atoms with Crippen molar-refractivity contribution in [2.45, 2.75) is 19.4 Å². The molecule has 2 aliphatic heterocycles. The zero-order valence-corrected chi connectivity index (χ0v) is 15.1.